The summed E-state index contributed by atoms with van der Waals surface area (Å²) in [5.74, 6) is 2.11. The molecule has 25 heavy (non-hydrogen) atoms. The fourth-order valence-electron chi connectivity index (χ4n) is 2.01. The molecule has 7 heteroatoms. The number of nitrogens with zero attached hydrogens (tertiary/aromatic N) is 1. The predicted octanol–water partition coefficient (Wildman–Crippen LogP) is 3.90. The van der Waals surface area contributed by atoms with Gasteiger partial charge in [0.25, 0.3) is 0 Å². The summed E-state index contributed by atoms with van der Waals surface area (Å²) in [7, 11) is 4.85. The Morgan fingerprint density at radius 1 is 1.04 bits per heavy atom. The number of nitrogens with one attached hydrogen (secondary N) is 1. The van der Waals surface area contributed by atoms with Crippen molar-refractivity contribution in [1.82, 2.24) is 4.90 Å². The highest BCUT2D eigenvalue weighted by molar-refractivity contribution is 6.33. The molecule has 0 unspecified atom stereocenters. The third-order valence-electron chi connectivity index (χ3n) is 3.52. The quantitative estimate of drug-likeness (QED) is 0.809. The van der Waals surface area contributed by atoms with E-state index >= 15 is 0 Å². The molecule has 6 nitrogen and oxygen atoms in total. The number of ether oxygens (including phenoxy) is 3. The standard InChI is InChI=1S/C18H21ClN2O4/c1-21(10-11-25-14-6-4-13(23-2)5-7-14)18(22)20-17-9-8-15(24-3)12-16(17)19/h4-9,12H,10-11H2,1-3H3,(H,20,22). The SMILES string of the molecule is COc1ccc(OCCN(C)C(=O)Nc2ccc(OC)cc2Cl)cc1. The first kappa shape index (κ1) is 18.7. The third-order valence-corrected chi connectivity index (χ3v) is 3.83. The monoisotopic (exact) mass is 364 g/mol. The molecule has 0 saturated carbocycles. The van der Waals surface area contributed by atoms with Crippen molar-refractivity contribution in [2.75, 3.05) is 39.7 Å². The fraction of sp³-hybridized carbons (Fsp3) is 0.278. The maximum Gasteiger partial charge on any atom is 0.321 e. The predicted molar refractivity (Wildman–Crippen MR) is 98.1 cm³/mol. The number of amides is 2. The van der Waals surface area contributed by atoms with Gasteiger partial charge in [0, 0.05) is 13.1 Å². The molecule has 2 amide bonds. The molecule has 2 aromatic rings. The van der Waals surface area contributed by atoms with Crippen molar-refractivity contribution >= 4 is 23.3 Å². The van der Waals surface area contributed by atoms with E-state index in [0.29, 0.717) is 35.4 Å². The lowest BCUT2D eigenvalue weighted by molar-refractivity contribution is 0.207. The summed E-state index contributed by atoms with van der Waals surface area (Å²) >= 11 is 6.12. The van der Waals surface area contributed by atoms with E-state index in [1.54, 1.807) is 39.5 Å². The lowest BCUT2D eigenvalue weighted by atomic mass is 10.3. The third kappa shape index (κ3) is 5.46. The van der Waals surface area contributed by atoms with Gasteiger partial charge in [-0.1, -0.05) is 11.6 Å². The molecular weight excluding hydrogens is 344 g/mol. The summed E-state index contributed by atoms with van der Waals surface area (Å²) < 4.78 is 15.8. The molecule has 0 radical (unpaired) electrons. The zero-order valence-electron chi connectivity index (χ0n) is 14.4. The molecule has 0 atom stereocenters. The van der Waals surface area contributed by atoms with Crippen LogP contribution in [0, 0.1) is 0 Å². The Hall–Kier alpha value is -2.60. The Bertz CT molecular complexity index is 707. The summed E-state index contributed by atoms with van der Waals surface area (Å²) in [6, 6.07) is 12.1. The van der Waals surface area contributed by atoms with Crippen molar-refractivity contribution in [3.8, 4) is 17.2 Å². The molecule has 0 aromatic heterocycles. The first-order chi connectivity index (χ1) is 12.0. The molecule has 2 rings (SSSR count). The van der Waals surface area contributed by atoms with Gasteiger partial charge in [0.15, 0.2) is 0 Å². The van der Waals surface area contributed by atoms with Crippen molar-refractivity contribution in [2.24, 2.45) is 0 Å². The summed E-state index contributed by atoms with van der Waals surface area (Å²) in [5, 5.41) is 3.17. The first-order valence-corrected chi connectivity index (χ1v) is 8.04. The van der Waals surface area contributed by atoms with Crippen molar-refractivity contribution < 1.29 is 19.0 Å². The van der Waals surface area contributed by atoms with E-state index in [1.807, 2.05) is 24.3 Å². The zero-order valence-corrected chi connectivity index (χ0v) is 15.2. The minimum atomic E-state index is -0.273. The van der Waals surface area contributed by atoms with Crippen LogP contribution in [0.2, 0.25) is 5.02 Å². The topological polar surface area (TPSA) is 60.0 Å². The van der Waals surface area contributed by atoms with Gasteiger partial charge < -0.3 is 24.4 Å². The van der Waals surface area contributed by atoms with Crippen LogP contribution in [0.3, 0.4) is 0 Å². The molecular formula is C18H21ClN2O4. The van der Waals surface area contributed by atoms with E-state index < -0.39 is 0 Å². The molecule has 0 aliphatic heterocycles. The Morgan fingerprint density at radius 3 is 2.24 bits per heavy atom. The van der Waals surface area contributed by atoms with Gasteiger partial charge in [-0.3, -0.25) is 0 Å². The highest BCUT2D eigenvalue weighted by atomic mass is 35.5. The number of halogens is 1. The number of hydrogen-bond acceptors (Lipinski definition) is 4. The molecule has 0 heterocycles. The van der Waals surface area contributed by atoms with Gasteiger partial charge in [0.2, 0.25) is 0 Å². The van der Waals surface area contributed by atoms with Crippen LogP contribution in [0.25, 0.3) is 0 Å². The first-order valence-electron chi connectivity index (χ1n) is 7.66. The average Bonchev–Trinajstić information content (AvgIpc) is 2.63. The van der Waals surface area contributed by atoms with Crippen LogP contribution in [0.4, 0.5) is 10.5 Å². The second kappa shape index (κ2) is 9.03. The molecule has 0 aliphatic carbocycles. The number of hydrogen-bond donors (Lipinski definition) is 1. The van der Waals surface area contributed by atoms with Gasteiger partial charge in [0.1, 0.15) is 23.9 Å². The number of benzene rings is 2. The molecule has 0 aliphatic rings. The van der Waals surface area contributed by atoms with E-state index in [2.05, 4.69) is 5.32 Å². The van der Waals surface area contributed by atoms with Crippen LogP contribution < -0.4 is 19.5 Å². The van der Waals surface area contributed by atoms with Gasteiger partial charge in [0.05, 0.1) is 31.5 Å². The number of carbonyl (C=O) groups excluding carboxylic acids is 1. The highest BCUT2D eigenvalue weighted by Gasteiger charge is 2.11. The number of rotatable bonds is 7. The maximum absolute atomic E-state index is 12.2. The van der Waals surface area contributed by atoms with Crippen molar-refractivity contribution in [3.63, 3.8) is 0 Å². The minimum absolute atomic E-state index is 0.273. The molecule has 2 aromatic carbocycles. The Kier molecular flexibility index (Phi) is 6.77. The average molecular weight is 365 g/mol. The van der Waals surface area contributed by atoms with Crippen LogP contribution in [-0.2, 0) is 0 Å². The summed E-state index contributed by atoms with van der Waals surface area (Å²) in [6.07, 6.45) is 0. The number of anilines is 1. The maximum atomic E-state index is 12.2. The number of urea groups is 1. The van der Waals surface area contributed by atoms with Crippen LogP contribution in [0.5, 0.6) is 17.2 Å². The summed E-state index contributed by atoms with van der Waals surface area (Å²) in [6.45, 7) is 0.790. The van der Waals surface area contributed by atoms with Gasteiger partial charge in [-0.2, -0.15) is 0 Å². The van der Waals surface area contributed by atoms with Gasteiger partial charge >= 0.3 is 6.03 Å². The van der Waals surface area contributed by atoms with Crippen LogP contribution in [0.1, 0.15) is 0 Å². The fourth-order valence-corrected chi connectivity index (χ4v) is 2.23. The second-order valence-corrected chi connectivity index (χ2v) is 5.63. The molecule has 0 fully saturated rings. The number of likely N-dealkylation sites (N-methyl/N-ethyl adjacent to an activating group) is 1. The molecule has 134 valence electrons. The van der Waals surface area contributed by atoms with Gasteiger partial charge in [-0.15, -0.1) is 0 Å². The minimum Gasteiger partial charge on any atom is -0.497 e. The Labute approximate surface area is 152 Å². The van der Waals surface area contributed by atoms with Crippen LogP contribution >= 0.6 is 11.6 Å². The normalized spacial score (nSPS) is 10.1. The summed E-state index contributed by atoms with van der Waals surface area (Å²) in [5.41, 5.74) is 0.524. The Morgan fingerprint density at radius 2 is 1.64 bits per heavy atom. The van der Waals surface area contributed by atoms with E-state index in [-0.39, 0.29) is 6.03 Å². The smallest absolute Gasteiger partial charge is 0.321 e. The van der Waals surface area contributed by atoms with Crippen molar-refractivity contribution in [1.29, 1.82) is 0 Å². The molecule has 0 bridgehead atoms. The van der Waals surface area contributed by atoms with E-state index in [9.17, 15) is 4.79 Å². The highest BCUT2D eigenvalue weighted by Crippen LogP contribution is 2.26. The second-order valence-electron chi connectivity index (χ2n) is 5.22. The summed E-state index contributed by atoms with van der Waals surface area (Å²) in [4.78, 5) is 13.7. The lowest BCUT2D eigenvalue weighted by Gasteiger charge is -2.19. The lowest BCUT2D eigenvalue weighted by Crippen LogP contribution is -2.34. The number of methoxy groups -OCH3 is 2. The van der Waals surface area contributed by atoms with Crippen LogP contribution in [0.15, 0.2) is 42.5 Å². The Balaban J connectivity index is 1.81. The van der Waals surface area contributed by atoms with E-state index in [1.165, 1.54) is 4.90 Å². The van der Waals surface area contributed by atoms with Gasteiger partial charge in [-0.05, 0) is 36.4 Å². The van der Waals surface area contributed by atoms with E-state index in [4.69, 9.17) is 25.8 Å². The zero-order chi connectivity index (χ0) is 18.2. The largest absolute Gasteiger partial charge is 0.497 e. The molecule has 0 spiro atoms. The molecule has 0 saturated heterocycles. The van der Waals surface area contributed by atoms with Gasteiger partial charge in [-0.25, -0.2) is 4.79 Å². The van der Waals surface area contributed by atoms with Crippen molar-refractivity contribution in [3.05, 3.63) is 47.5 Å². The molecule has 1 N–H and O–H groups in total. The van der Waals surface area contributed by atoms with E-state index in [0.717, 1.165) is 5.75 Å². The number of carbonyl (C=O) groups is 1. The van der Waals surface area contributed by atoms with Crippen LogP contribution in [-0.4, -0.2) is 45.3 Å². The van der Waals surface area contributed by atoms with Crippen molar-refractivity contribution in [2.45, 2.75) is 0 Å².